The lowest BCUT2D eigenvalue weighted by atomic mass is 9.97. The summed E-state index contributed by atoms with van der Waals surface area (Å²) in [4.78, 5) is 14.8. The second-order valence-electron chi connectivity index (χ2n) is 9.04. The van der Waals surface area contributed by atoms with E-state index >= 15 is 0 Å². The second-order valence-corrected chi connectivity index (χ2v) is 9.04. The molecule has 0 aromatic heterocycles. The topological polar surface area (TPSA) is 116 Å². The Bertz CT molecular complexity index is 987. The van der Waals surface area contributed by atoms with Gasteiger partial charge in [0.1, 0.15) is 30.3 Å². The van der Waals surface area contributed by atoms with E-state index in [4.69, 9.17) is 24.7 Å². The smallest absolute Gasteiger partial charge is 0.239 e. The lowest BCUT2D eigenvalue weighted by Crippen LogP contribution is -2.50. The molecule has 2 aliphatic heterocycles. The first kappa shape index (κ1) is 26.1. The lowest BCUT2D eigenvalue weighted by molar-refractivity contribution is -0.124. The van der Waals surface area contributed by atoms with Crippen molar-refractivity contribution in [3.63, 3.8) is 0 Å². The quantitative estimate of drug-likeness (QED) is 0.431. The third-order valence-electron chi connectivity index (χ3n) is 6.64. The van der Waals surface area contributed by atoms with Gasteiger partial charge in [-0.2, -0.15) is 0 Å². The Balaban J connectivity index is 1.35. The average Bonchev–Trinajstić information content (AvgIpc) is 2.89. The zero-order chi connectivity index (χ0) is 25.5. The highest BCUT2D eigenvalue weighted by Gasteiger charge is 2.35. The Labute approximate surface area is 212 Å². The van der Waals surface area contributed by atoms with Gasteiger partial charge in [-0.15, -0.1) is 0 Å². The number of ether oxygens (including phenoxy) is 4. The molecule has 0 spiro atoms. The number of fused-ring (bicyclic) bond motifs is 1. The van der Waals surface area contributed by atoms with Gasteiger partial charge in [-0.05, 0) is 51.0 Å². The molecule has 0 radical (unpaired) electrons. The number of nitrogens with one attached hydrogen (secondary N) is 1. The highest BCUT2D eigenvalue weighted by atomic mass is 16.6. The molecule has 196 valence electrons. The number of nitrogens with zero attached hydrogens (tertiary/aromatic N) is 1. The minimum absolute atomic E-state index is 0.203. The van der Waals surface area contributed by atoms with Crippen LogP contribution >= 0.6 is 0 Å². The van der Waals surface area contributed by atoms with E-state index in [1.54, 1.807) is 0 Å². The maximum absolute atomic E-state index is 12.7. The molecule has 2 aromatic carbocycles. The maximum atomic E-state index is 12.7. The van der Waals surface area contributed by atoms with Crippen LogP contribution in [-0.2, 0) is 4.79 Å². The summed E-state index contributed by atoms with van der Waals surface area (Å²) in [6, 6.07) is 12.6. The van der Waals surface area contributed by atoms with E-state index < -0.39 is 24.2 Å². The number of primary amides is 1. The summed E-state index contributed by atoms with van der Waals surface area (Å²) in [6.45, 7) is 6.80. The number of hydrogen-bond acceptors (Lipinski definition) is 8. The summed E-state index contributed by atoms with van der Waals surface area (Å²) < 4.78 is 23.3. The predicted octanol–water partition coefficient (Wildman–Crippen LogP) is 2.27. The third kappa shape index (κ3) is 6.03. The van der Waals surface area contributed by atoms with Crippen LogP contribution < -0.4 is 30.0 Å². The molecule has 2 aliphatic rings. The van der Waals surface area contributed by atoms with Gasteiger partial charge in [-0.25, -0.2) is 0 Å². The first-order valence-electron chi connectivity index (χ1n) is 12.7. The van der Waals surface area contributed by atoms with E-state index in [0.717, 1.165) is 12.8 Å². The molecule has 2 aromatic rings. The number of carbonyl (C=O) groups is 1. The molecule has 3 atom stereocenters. The van der Waals surface area contributed by atoms with Crippen LogP contribution in [0.2, 0.25) is 0 Å². The van der Waals surface area contributed by atoms with Gasteiger partial charge in [0.05, 0.1) is 18.8 Å². The number of rotatable bonds is 11. The molecule has 4 N–H and O–H groups in total. The Morgan fingerprint density at radius 1 is 1.08 bits per heavy atom. The zero-order valence-electron chi connectivity index (χ0n) is 21.0. The second kappa shape index (κ2) is 12.3. The van der Waals surface area contributed by atoms with Gasteiger partial charge in [-0.1, -0.05) is 18.2 Å². The Hall–Kier alpha value is -3.01. The van der Waals surface area contributed by atoms with Crippen molar-refractivity contribution in [3.8, 4) is 23.0 Å². The van der Waals surface area contributed by atoms with Crippen LogP contribution in [-0.4, -0.2) is 73.6 Å². The van der Waals surface area contributed by atoms with Crippen molar-refractivity contribution in [3.05, 3.63) is 48.0 Å². The highest BCUT2D eigenvalue weighted by molar-refractivity contribution is 5.83. The molecular formula is C27H37N3O6. The molecule has 2 heterocycles. The Morgan fingerprint density at radius 2 is 1.72 bits per heavy atom. The normalized spacial score (nSPS) is 19.9. The summed E-state index contributed by atoms with van der Waals surface area (Å²) in [6.07, 6.45) is 0.477. The number of benzene rings is 2. The molecule has 3 unspecified atom stereocenters. The van der Waals surface area contributed by atoms with Gasteiger partial charge in [0.2, 0.25) is 5.91 Å². The predicted molar refractivity (Wildman–Crippen MR) is 136 cm³/mol. The number of aliphatic hydroxyl groups is 1. The van der Waals surface area contributed by atoms with Crippen LogP contribution in [0.1, 0.15) is 38.3 Å². The van der Waals surface area contributed by atoms with Crippen LogP contribution in [0.25, 0.3) is 0 Å². The van der Waals surface area contributed by atoms with Crippen molar-refractivity contribution >= 4 is 5.91 Å². The standard InChI is InChI=1S/C27H37N3O6/c1-3-33-22-10-7-11-23(34-4-2)25(22)26(27(28)32)30-14-12-18(13-15-30)29-16-19(31)24-17-35-20-8-5-6-9-21(20)36-24/h5-11,18-19,24,26,29,31H,3-4,12-17H2,1-2H3,(H2,28,32). The summed E-state index contributed by atoms with van der Waals surface area (Å²) in [5.41, 5.74) is 6.60. The van der Waals surface area contributed by atoms with E-state index in [-0.39, 0.29) is 6.04 Å². The zero-order valence-corrected chi connectivity index (χ0v) is 21.0. The Kier molecular flexibility index (Phi) is 8.90. The molecular weight excluding hydrogens is 462 g/mol. The fourth-order valence-electron chi connectivity index (χ4n) is 4.87. The summed E-state index contributed by atoms with van der Waals surface area (Å²) in [7, 11) is 0. The van der Waals surface area contributed by atoms with Gasteiger partial charge < -0.3 is 35.1 Å². The van der Waals surface area contributed by atoms with E-state index in [1.807, 2.05) is 56.3 Å². The lowest BCUT2D eigenvalue weighted by Gasteiger charge is -2.38. The van der Waals surface area contributed by atoms with Crippen molar-refractivity contribution in [1.29, 1.82) is 0 Å². The summed E-state index contributed by atoms with van der Waals surface area (Å²) in [5.74, 6) is 2.15. The summed E-state index contributed by atoms with van der Waals surface area (Å²) in [5, 5.41) is 14.1. The first-order valence-corrected chi connectivity index (χ1v) is 12.7. The number of para-hydroxylation sites is 2. The van der Waals surface area contributed by atoms with Crippen molar-refractivity contribution in [1.82, 2.24) is 10.2 Å². The van der Waals surface area contributed by atoms with E-state index in [1.165, 1.54) is 0 Å². The van der Waals surface area contributed by atoms with Crippen molar-refractivity contribution in [2.24, 2.45) is 5.73 Å². The van der Waals surface area contributed by atoms with Crippen LogP contribution in [0.3, 0.4) is 0 Å². The average molecular weight is 500 g/mol. The monoisotopic (exact) mass is 499 g/mol. The van der Waals surface area contributed by atoms with Crippen molar-refractivity contribution < 1.29 is 28.8 Å². The molecule has 0 aliphatic carbocycles. The highest BCUT2D eigenvalue weighted by Crippen LogP contribution is 2.38. The molecule has 1 fully saturated rings. The molecule has 9 heteroatoms. The number of amides is 1. The molecule has 0 saturated carbocycles. The first-order chi connectivity index (χ1) is 17.5. The fraction of sp³-hybridized carbons (Fsp3) is 0.519. The van der Waals surface area contributed by atoms with Gasteiger partial charge in [-0.3, -0.25) is 9.69 Å². The number of carbonyl (C=O) groups excluding carboxylic acids is 1. The van der Waals surface area contributed by atoms with Crippen LogP contribution in [0, 0.1) is 0 Å². The number of likely N-dealkylation sites (tertiary alicyclic amines) is 1. The minimum atomic E-state index is -0.707. The minimum Gasteiger partial charge on any atom is -0.493 e. The number of aliphatic hydroxyl groups excluding tert-OH is 1. The largest absolute Gasteiger partial charge is 0.493 e. The third-order valence-corrected chi connectivity index (χ3v) is 6.64. The van der Waals surface area contributed by atoms with Gasteiger partial charge >= 0.3 is 0 Å². The number of hydrogen-bond donors (Lipinski definition) is 3. The van der Waals surface area contributed by atoms with Gasteiger partial charge in [0.25, 0.3) is 0 Å². The number of nitrogens with two attached hydrogens (primary N) is 1. The SMILES string of the molecule is CCOc1cccc(OCC)c1C(C(N)=O)N1CCC(NCC(O)C2COc3ccccc3O2)CC1. The molecule has 1 amide bonds. The Morgan fingerprint density at radius 3 is 2.33 bits per heavy atom. The van der Waals surface area contributed by atoms with E-state index in [0.29, 0.717) is 68.0 Å². The number of piperidine rings is 1. The maximum Gasteiger partial charge on any atom is 0.239 e. The van der Waals surface area contributed by atoms with Crippen LogP contribution in [0.15, 0.2) is 42.5 Å². The van der Waals surface area contributed by atoms with Gasteiger partial charge in [0.15, 0.2) is 17.6 Å². The molecule has 0 bridgehead atoms. The molecule has 9 nitrogen and oxygen atoms in total. The van der Waals surface area contributed by atoms with E-state index in [2.05, 4.69) is 10.2 Å². The van der Waals surface area contributed by atoms with Crippen molar-refractivity contribution in [2.45, 2.75) is 51.0 Å². The van der Waals surface area contributed by atoms with Gasteiger partial charge in [0, 0.05) is 25.7 Å². The van der Waals surface area contributed by atoms with E-state index in [9.17, 15) is 9.90 Å². The fourth-order valence-corrected chi connectivity index (χ4v) is 4.87. The molecule has 1 saturated heterocycles. The van der Waals surface area contributed by atoms with Crippen LogP contribution in [0.4, 0.5) is 0 Å². The molecule has 36 heavy (non-hydrogen) atoms. The summed E-state index contributed by atoms with van der Waals surface area (Å²) >= 11 is 0. The van der Waals surface area contributed by atoms with Crippen molar-refractivity contribution in [2.75, 3.05) is 39.5 Å². The van der Waals surface area contributed by atoms with Crippen LogP contribution in [0.5, 0.6) is 23.0 Å². The molecule has 4 rings (SSSR count).